The van der Waals surface area contributed by atoms with Crippen molar-refractivity contribution in [2.75, 3.05) is 18.0 Å². The van der Waals surface area contributed by atoms with E-state index in [0.717, 1.165) is 36.1 Å². The Morgan fingerprint density at radius 2 is 2.06 bits per heavy atom. The summed E-state index contributed by atoms with van der Waals surface area (Å²) in [6, 6.07) is 0. The number of primary amides is 1. The molecule has 5 nitrogen and oxygen atoms in total. The molecule has 17 heavy (non-hydrogen) atoms. The topological polar surface area (TPSA) is 72.1 Å². The number of carbonyl (C=O) groups is 1. The van der Waals surface area contributed by atoms with E-state index in [-0.39, 0.29) is 11.8 Å². The molecule has 1 amide bonds. The summed E-state index contributed by atoms with van der Waals surface area (Å²) in [5, 5.41) is 10.4. The molecular formula is C11H18N4OS. The van der Waals surface area contributed by atoms with E-state index in [4.69, 9.17) is 5.73 Å². The van der Waals surface area contributed by atoms with Gasteiger partial charge in [-0.25, -0.2) is 0 Å². The normalized spacial score (nSPS) is 17.7. The SMILES string of the molecule is CC(C)c1nnc(N2CCC(C(N)=O)CC2)s1. The third kappa shape index (κ3) is 2.74. The highest BCUT2D eigenvalue weighted by molar-refractivity contribution is 7.15. The van der Waals surface area contributed by atoms with Crippen molar-refractivity contribution in [2.45, 2.75) is 32.6 Å². The lowest BCUT2D eigenvalue weighted by Crippen LogP contribution is -2.38. The van der Waals surface area contributed by atoms with E-state index >= 15 is 0 Å². The van der Waals surface area contributed by atoms with Gasteiger partial charge in [0.25, 0.3) is 0 Å². The molecule has 1 saturated heterocycles. The molecule has 0 radical (unpaired) electrons. The van der Waals surface area contributed by atoms with Crippen molar-refractivity contribution >= 4 is 22.4 Å². The van der Waals surface area contributed by atoms with Crippen molar-refractivity contribution in [3.63, 3.8) is 0 Å². The quantitative estimate of drug-likeness (QED) is 0.884. The van der Waals surface area contributed by atoms with Gasteiger partial charge >= 0.3 is 0 Å². The van der Waals surface area contributed by atoms with Crippen LogP contribution < -0.4 is 10.6 Å². The summed E-state index contributed by atoms with van der Waals surface area (Å²) in [7, 11) is 0. The number of piperidine rings is 1. The van der Waals surface area contributed by atoms with E-state index in [0.29, 0.717) is 5.92 Å². The zero-order chi connectivity index (χ0) is 12.4. The highest BCUT2D eigenvalue weighted by atomic mass is 32.1. The Morgan fingerprint density at radius 3 is 2.53 bits per heavy atom. The van der Waals surface area contributed by atoms with Crippen molar-refractivity contribution in [1.82, 2.24) is 10.2 Å². The lowest BCUT2D eigenvalue weighted by molar-refractivity contribution is -0.122. The van der Waals surface area contributed by atoms with Gasteiger partial charge in [0.05, 0.1) is 0 Å². The molecule has 0 bridgehead atoms. The van der Waals surface area contributed by atoms with Crippen molar-refractivity contribution in [3.8, 4) is 0 Å². The Bertz CT molecular complexity index is 396. The maximum absolute atomic E-state index is 11.1. The monoisotopic (exact) mass is 254 g/mol. The summed E-state index contributed by atoms with van der Waals surface area (Å²) in [5.41, 5.74) is 5.31. The van der Waals surface area contributed by atoms with Gasteiger partial charge in [0, 0.05) is 24.9 Å². The maximum Gasteiger partial charge on any atom is 0.220 e. The van der Waals surface area contributed by atoms with Crippen molar-refractivity contribution in [2.24, 2.45) is 11.7 Å². The van der Waals surface area contributed by atoms with Crippen LogP contribution in [-0.2, 0) is 4.79 Å². The van der Waals surface area contributed by atoms with Gasteiger partial charge < -0.3 is 10.6 Å². The summed E-state index contributed by atoms with van der Waals surface area (Å²) < 4.78 is 0. The third-order valence-electron chi connectivity index (χ3n) is 3.09. The molecule has 1 aliphatic rings. The average molecular weight is 254 g/mol. The Kier molecular flexibility index (Phi) is 3.61. The molecule has 1 aliphatic heterocycles. The summed E-state index contributed by atoms with van der Waals surface area (Å²) in [5.74, 6) is 0.276. The molecule has 0 aliphatic carbocycles. The zero-order valence-electron chi connectivity index (χ0n) is 10.2. The second-order valence-corrected chi connectivity index (χ2v) is 5.73. The summed E-state index contributed by atoms with van der Waals surface area (Å²) in [4.78, 5) is 13.3. The highest BCUT2D eigenvalue weighted by Crippen LogP contribution is 2.28. The number of amides is 1. The van der Waals surface area contributed by atoms with Crippen molar-refractivity contribution in [3.05, 3.63) is 5.01 Å². The van der Waals surface area contributed by atoms with E-state index < -0.39 is 0 Å². The Labute approximate surface area is 105 Å². The minimum atomic E-state index is -0.176. The number of hydrogen-bond acceptors (Lipinski definition) is 5. The number of aromatic nitrogens is 2. The molecule has 0 atom stereocenters. The maximum atomic E-state index is 11.1. The molecule has 0 saturated carbocycles. The molecule has 0 spiro atoms. The minimum absolute atomic E-state index is 0.0312. The highest BCUT2D eigenvalue weighted by Gasteiger charge is 2.25. The van der Waals surface area contributed by atoms with Gasteiger partial charge in [0.15, 0.2) is 0 Å². The number of hydrogen-bond donors (Lipinski definition) is 1. The van der Waals surface area contributed by atoms with Crippen LogP contribution in [0.4, 0.5) is 5.13 Å². The number of nitrogens with zero attached hydrogens (tertiary/aromatic N) is 3. The minimum Gasteiger partial charge on any atom is -0.369 e. The molecule has 94 valence electrons. The fraction of sp³-hybridized carbons (Fsp3) is 0.727. The molecule has 1 fully saturated rings. The predicted octanol–water partition coefficient (Wildman–Crippen LogP) is 1.36. The van der Waals surface area contributed by atoms with Gasteiger partial charge in [0.1, 0.15) is 5.01 Å². The van der Waals surface area contributed by atoms with Crippen LogP contribution in [0.2, 0.25) is 0 Å². The van der Waals surface area contributed by atoms with Crippen LogP contribution >= 0.6 is 11.3 Å². The van der Waals surface area contributed by atoms with Crippen LogP contribution in [0.1, 0.15) is 37.6 Å². The lowest BCUT2D eigenvalue weighted by Gasteiger charge is -2.29. The number of rotatable bonds is 3. The van der Waals surface area contributed by atoms with Crippen LogP contribution in [0.5, 0.6) is 0 Å². The number of carbonyl (C=O) groups excluding carboxylic acids is 1. The van der Waals surface area contributed by atoms with Crippen LogP contribution in [0.25, 0.3) is 0 Å². The lowest BCUT2D eigenvalue weighted by atomic mass is 9.97. The second-order valence-electron chi connectivity index (χ2n) is 4.74. The third-order valence-corrected chi connectivity index (χ3v) is 4.38. The van der Waals surface area contributed by atoms with Gasteiger partial charge in [-0.1, -0.05) is 25.2 Å². The van der Waals surface area contributed by atoms with E-state index in [9.17, 15) is 4.79 Å². The molecule has 2 heterocycles. The molecule has 6 heteroatoms. The number of anilines is 1. The molecular weight excluding hydrogens is 236 g/mol. The van der Waals surface area contributed by atoms with Gasteiger partial charge in [-0.15, -0.1) is 10.2 Å². The van der Waals surface area contributed by atoms with Crippen LogP contribution in [0.3, 0.4) is 0 Å². The molecule has 0 aromatic carbocycles. The van der Waals surface area contributed by atoms with Crippen LogP contribution in [0.15, 0.2) is 0 Å². The van der Waals surface area contributed by atoms with E-state index in [1.807, 2.05) is 0 Å². The van der Waals surface area contributed by atoms with Crippen molar-refractivity contribution < 1.29 is 4.79 Å². The summed E-state index contributed by atoms with van der Waals surface area (Å²) in [6.45, 7) is 5.92. The Hall–Kier alpha value is -1.17. The van der Waals surface area contributed by atoms with E-state index in [1.54, 1.807) is 11.3 Å². The molecule has 1 aromatic heterocycles. The van der Waals surface area contributed by atoms with Gasteiger partial charge in [-0.2, -0.15) is 0 Å². The Balaban J connectivity index is 1.98. The first-order chi connectivity index (χ1) is 8.08. The number of nitrogens with two attached hydrogens (primary N) is 1. The summed E-state index contributed by atoms with van der Waals surface area (Å²) in [6.07, 6.45) is 1.65. The van der Waals surface area contributed by atoms with Crippen LogP contribution in [0, 0.1) is 5.92 Å². The second kappa shape index (κ2) is 5.00. The average Bonchev–Trinajstić information content (AvgIpc) is 2.78. The van der Waals surface area contributed by atoms with Gasteiger partial charge in [0.2, 0.25) is 11.0 Å². The first-order valence-corrected chi connectivity index (χ1v) is 6.77. The smallest absolute Gasteiger partial charge is 0.220 e. The predicted molar refractivity (Wildman–Crippen MR) is 68.1 cm³/mol. The van der Waals surface area contributed by atoms with Gasteiger partial charge in [-0.05, 0) is 12.8 Å². The zero-order valence-corrected chi connectivity index (χ0v) is 11.0. The first-order valence-electron chi connectivity index (χ1n) is 5.95. The first kappa shape index (κ1) is 12.3. The largest absolute Gasteiger partial charge is 0.369 e. The standard InChI is InChI=1S/C11H18N4OS/c1-7(2)10-13-14-11(17-10)15-5-3-8(4-6-15)9(12)16/h7-8H,3-6H2,1-2H3,(H2,12,16). The summed E-state index contributed by atoms with van der Waals surface area (Å²) >= 11 is 1.64. The molecule has 1 aromatic rings. The van der Waals surface area contributed by atoms with Crippen molar-refractivity contribution in [1.29, 1.82) is 0 Å². The fourth-order valence-corrected chi connectivity index (χ4v) is 2.84. The van der Waals surface area contributed by atoms with E-state index in [1.165, 1.54) is 0 Å². The van der Waals surface area contributed by atoms with E-state index in [2.05, 4.69) is 28.9 Å². The van der Waals surface area contributed by atoms with Gasteiger partial charge in [-0.3, -0.25) is 4.79 Å². The molecule has 2 N–H and O–H groups in total. The Morgan fingerprint density at radius 1 is 1.41 bits per heavy atom. The molecule has 2 rings (SSSR count). The molecule has 0 unspecified atom stereocenters. The van der Waals surface area contributed by atoms with Crippen LogP contribution in [-0.4, -0.2) is 29.2 Å². The fourth-order valence-electron chi connectivity index (χ4n) is 1.94.